The highest BCUT2D eigenvalue weighted by Crippen LogP contribution is 2.17. The Balaban J connectivity index is 2.59. The number of aromatic nitrogens is 2. The minimum atomic E-state index is 0.759. The van der Waals surface area contributed by atoms with Crippen molar-refractivity contribution in [3.8, 4) is 0 Å². The molecule has 0 bridgehead atoms. The van der Waals surface area contributed by atoms with Crippen molar-refractivity contribution in [2.75, 3.05) is 5.32 Å². The van der Waals surface area contributed by atoms with Gasteiger partial charge in [-0.3, -0.25) is 0 Å². The van der Waals surface area contributed by atoms with Crippen LogP contribution in [0.1, 0.15) is 11.9 Å². The molecule has 3 nitrogen and oxygen atoms in total. The van der Waals surface area contributed by atoms with Gasteiger partial charge in [-0.25, -0.2) is 0 Å². The quantitative estimate of drug-likeness (QED) is 0.772. The Kier molecular flexibility index (Phi) is 4.50. The van der Waals surface area contributed by atoms with E-state index < -0.39 is 0 Å². The van der Waals surface area contributed by atoms with Crippen LogP contribution in [0.25, 0.3) is 6.08 Å². The Labute approximate surface area is 93.6 Å². The Hall–Kier alpha value is -1.68. The summed E-state index contributed by atoms with van der Waals surface area (Å²) in [7, 11) is 0. The minimum Gasteiger partial charge on any atom is -0.335 e. The molecule has 0 unspecified atom stereocenters. The lowest BCUT2D eigenvalue weighted by atomic mass is 10.4. The van der Waals surface area contributed by atoms with Crippen LogP contribution in [-0.4, -0.2) is 10.2 Å². The smallest absolute Gasteiger partial charge is 0.210 e. The van der Waals surface area contributed by atoms with E-state index in [1.54, 1.807) is 6.08 Å². The molecule has 0 fully saturated rings. The second-order valence-electron chi connectivity index (χ2n) is 2.83. The van der Waals surface area contributed by atoms with Gasteiger partial charge in [0.05, 0.1) is 0 Å². The number of allylic oxidation sites excluding steroid dienone is 5. The molecule has 1 aromatic heterocycles. The molecule has 0 aliphatic rings. The molecule has 0 aliphatic carbocycles. The van der Waals surface area contributed by atoms with Crippen LogP contribution in [0.2, 0.25) is 0 Å². The predicted octanol–water partition coefficient (Wildman–Crippen LogP) is 3.24. The van der Waals surface area contributed by atoms with E-state index in [0.29, 0.717) is 0 Å². The largest absolute Gasteiger partial charge is 0.335 e. The van der Waals surface area contributed by atoms with Crippen molar-refractivity contribution < 1.29 is 0 Å². The summed E-state index contributed by atoms with van der Waals surface area (Å²) in [6.07, 6.45) is 9.25. The van der Waals surface area contributed by atoms with Gasteiger partial charge in [0.15, 0.2) is 0 Å². The van der Waals surface area contributed by atoms with Gasteiger partial charge >= 0.3 is 0 Å². The molecule has 1 N–H and O–H groups in total. The molecule has 1 heterocycles. The van der Waals surface area contributed by atoms with Crippen LogP contribution in [0.5, 0.6) is 0 Å². The number of rotatable bonds is 5. The fourth-order valence-corrected chi connectivity index (χ4v) is 1.55. The molecule has 0 atom stereocenters. The number of hydrogen-bond donors (Lipinski definition) is 1. The Morgan fingerprint density at radius 1 is 1.33 bits per heavy atom. The van der Waals surface area contributed by atoms with Gasteiger partial charge in [0.2, 0.25) is 5.13 Å². The average Bonchev–Trinajstić information content (AvgIpc) is 2.59. The van der Waals surface area contributed by atoms with Crippen molar-refractivity contribution in [1.29, 1.82) is 0 Å². The van der Waals surface area contributed by atoms with Gasteiger partial charge in [-0.1, -0.05) is 48.8 Å². The molecule has 78 valence electrons. The first-order chi connectivity index (χ1) is 7.22. The van der Waals surface area contributed by atoms with Crippen molar-refractivity contribution in [3.63, 3.8) is 0 Å². The van der Waals surface area contributed by atoms with E-state index in [9.17, 15) is 0 Å². The summed E-state index contributed by atoms with van der Waals surface area (Å²) in [5.74, 6) is 0. The maximum Gasteiger partial charge on any atom is 0.210 e. The lowest BCUT2D eigenvalue weighted by molar-refractivity contribution is 1.08. The molecule has 1 rings (SSSR count). The van der Waals surface area contributed by atoms with Crippen LogP contribution in [0.3, 0.4) is 0 Å². The zero-order valence-electron chi connectivity index (χ0n) is 8.60. The fraction of sp³-hybridized carbons (Fsp3) is 0.0909. The van der Waals surface area contributed by atoms with Gasteiger partial charge in [-0.2, -0.15) is 0 Å². The second-order valence-corrected chi connectivity index (χ2v) is 3.84. The minimum absolute atomic E-state index is 0.759. The fourth-order valence-electron chi connectivity index (χ4n) is 0.816. The van der Waals surface area contributed by atoms with Crippen LogP contribution in [0.15, 0.2) is 43.2 Å². The van der Waals surface area contributed by atoms with E-state index in [1.807, 2.05) is 31.2 Å². The summed E-state index contributed by atoms with van der Waals surface area (Å²) in [5.41, 5.74) is 0.855. The Morgan fingerprint density at radius 2 is 2.13 bits per heavy atom. The first-order valence-corrected chi connectivity index (χ1v) is 5.26. The van der Waals surface area contributed by atoms with Gasteiger partial charge in [0.25, 0.3) is 0 Å². The normalized spacial score (nSPS) is 11.0. The first kappa shape index (κ1) is 11.4. The highest BCUT2D eigenvalue weighted by molar-refractivity contribution is 7.16. The summed E-state index contributed by atoms with van der Waals surface area (Å²) >= 11 is 1.48. The summed E-state index contributed by atoms with van der Waals surface area (Å²) < 4.78 is 0. The topological polar surface area (TPSA) is 37.8 Å². The van der Waals surface area contributed by atoms with Gasteiger partial charge < -0.3 is 5.32 Å². The highest BCUT2D eigenvalue weighted by Gasteiger charge is 1.99. The van der Waals surface area contributed by atoms with Gasteiger partial charge in [0, 0.05) is 5.70 Å². The summed E-state index contributed by atoms with van der Waals surface area (Å²) in [5, 5.41) is 12.6. The van der Waals surface area contributed by atoms with Crippen molar-refractivity contribution in [2.24, 2.45) is 0 Å². The Bertz CT molecular complexity index is 402. The van der Waals surface area contributed by atoms with Crippen LogP contribution in [0.4, 0.5) is 5.13 Å². The molecule has 0 aromatic carbocycles. The predicted molar refractivity (Wildman–Crippen MR) is 66.7 cm³/mol. The summed E-state index contributed by atoms with van der Waals surface area (Å²) in [6.45, 7) is 9.19. The molecule has 0 saturated heterocycles. The zero-order valence-corrected chi connectivity index (χ0v) is 9.42. The Morgan fingerprint density at radius 3 is 2.80 bits per heavy atom. The van der Waals surface area contributed by atoms with E-state index in [4.69, 9.17) is 0 Å². The molecule has 15 heavy (non-hydrogen) atoms. The van der Waals surface area contributed by atoms with Crippen molar-refractivity contribution in [2.45, 2.75) is 6.92 Å². The molecular formula is C11H13N3S. The number of nitrogens with one attached hydrogen (secondary N) is 1. The number of anilines is 1. The van der Waals surface area contributed by atoms with Crippen molar-refractivity contribution in [3.05, 3.63) is 48.2 Å². The second kappa shape index (κ2) is 5.93. The van der Waals surface area contributed by atoms with Crippen LogP contribution in [0, 0.1) is 0 Å². The third-order valence-electron chi connectivity index (χ3n) is 1.36. The van der Waals surface area contributed by atoms with E-state index in [1.165, 1.54) is 11.3 Å². The number of hydrogen-bond acceptors (Lipinski definition) is 4. The van der Waals surface area contributed by atoms with E-state index in [-0.39, 0.29) is 0 Å². The highest BCUT2D eigenvalue weighted by atomic mass is 32.1. The summed E-state index contributed by atoms with van der Waals surface area (Å²) in [4.78, 5) is 0. The van der Waals surface area contributed by atoms with Gasteiger partial charge in [0.1, 0.15) is 5.01 Å². The monoisotopic (exact) mass is 219 g/mol. The van der Waals surface area contributed by atoms with Gasteiger partial charge in [-0.15, -0.1) is 10.2 Å². The lowest BCUT2D eigenvalue weighted by Gasteiger charge is -1.95. The SMILES string of the molecule is C=C/C=C\C=C\c1nnc(NC(=C)C)s1. The lowest BCUT2D eigenvalue weighted by Crippen LogP contribution is -1.91. The standard InChI is InChI=1S/C11H13N3S/c1-4-5-6-7-8-10-13-14-11(15-10)12-9(2)3/h4-8H,1-2H2,3H3,(H,12,14)/b6-5-,8-7+. The zero-order chi connectivity index (χ0) is 11.1. The van der Waals surface area contributed by atoms with Crippen LogP contribution < -0.4 is 5.32 Å². The molecule has 0 amide bonds. The summed E-state index contributed by atoms with van der Waals surface area (Å²) in [6, 6.07) is 0. The molecule has 1 aromatic rings. The maximum absolute atomic E-state index is 3.99. The maximum atomic E-state index is 3.99. The molecule has 0 saturated carbocycles. The third kappa shape index (κ3) is 4.37. The average molecular weight is 219 g/mol. The molecule has 0 radical (unpaired) electrons. The van der Waals surface area contributed by atoms with E-state index in [0.717, 1.165) is 15.8 Å². The van der Waals surface area contributed by atoms with Crippen LogP contribution >= 0.6 is 11.3 Å². The van der Waals surface area contributed by atoms with Gasteiger partial charge in [-0.05, 0) is 13.0 Å². The molecule has 0 spiro atoms. The van der Waals surface area contributed by atoms with E-state index in [2.05, 4.69) is 28.7 Å². The third-order valence-corrected chi connectivity index (χ3v) is 2.16. The molecular weight excluding hydrogens is 206 g/mol. The van der Waals surface area contributed by atoms with Crippen molar-refractivity contribution >= 4 is 22.5 Å². The molecule has 0 aliphatic heterocycles. The number of nitrogens with zero attached hydrogens (tertiary/aromatic N) is 2. The van der Waals surface area contributed by atoms with E-state index >= 15 is 0 Å². The molecule has 4 heteroatoms. The van der Waals surface area contributed by atoms with Crippen LogP contribution in [-0.2, 0) is 0 Å². The first-order valence-electron chi connectivity index (χ1n) is 4.44. The van der Waals surface area contributed by atoms with Crippen molar-refractivity contribution in [1.82, 2.24) is 10.2 Å².